The number of aliphatic hydroxyl groups excluding tert-OH is 1. The molecule has 0 spiro atoms. The monoisotopic (exact) mass is 459 g/mol. The number of halogens is 2. The summed E-state index contributed by atoms with van der Waals surface area (Å²) in [5.74, 6) is 1.30. The first-order valence-corrected chi connectivity index (χ1v) is 10.1. The second kappa shape index (κ2) is 10.1. The number of aliphatic hydroxyl groups is 1. The Morgan fingerprint density at radius 3 is 2.87 bits per heavy atom. The molecule has 1 aliphatic rings. The number of hydrogen-bond acceptors (Lipinski definition) is 7. The van der Waals surface area contributed by atoms with Crippen LogP contribution < -0.4 is 15.0 Å². The highest BCUT2D eigenvalue weighted by Crippen LogP contribution is 2.29. The lowest BCUT2D eigenvalue weighted by molar-refractivity contribution is 0.121. The van der Waals surface area contributed by atoms with Crippen LogP contribution in [0.25, 0.3) is 10.8 Å². The van der Waals surface area contributed by atoms with E-state index >= 15 is 0 Å². The molecule has 3 aromatic rings. The number of nitrogens with zero attached hydrogens (tertiary/aromatic N) is 4. The van der Waals surface area contributed by atoms with Crippen molar-refractivity contribution >= 4 is 40.6 Å². The third-order valence-corrected chi connectivity index (χ3v) is 5.72. The number of piperidine rings is 1. The van der Waals surface area contributed by atoms with Crippen LogP contribution in [-0.4, -0.2) is 41.2 Å². The molecule has 1 saturated heterocycles. The van der Waals surface area contributed by atoms with Crippen LogP contribution in [-0.2, 0) is 6.54 Å². The van der Waals surface area contributed by atoms with Crippen LogP contribution in [0.15, 0.2) is 42.6 Å². The maximum Gasteiger partial charge on any atom is 0.161 e. The van der Waals surface area contributed by atoms with Crippen molar-refractivity contribution in [1.29, 1.82) is 5.26 Å². The first-order valence-electron chi connectivity index (χ1n) is 9.75. The third-order valence-electron chi connectivity index (χ3n) is 5.43. The van der Waals surface area contributed by atoms with Crippen molar-refractivity contribution in [1.82, 2.24) is 15.5 Å². The van der Waals surface area contributed by atoms with Gasteiger partial charge in [0.05, 0.1) is 30.0 Å². The summed E-state index contributed by atoms with van der Waals surface area (Å²) >= 11 is 6.20. The van der Waals surface area contributed by atoms with E-state index in [4.69, 9.17) is 21.6 Å². The van der Waals surface area contributed by atoms with Gasteiger partial charge in [0, 0.05) is 36.3 Å². The zero-order chi connectivity index (χ0) is 21.1. The lowest BCUT2D eigenvalue weighted by Gasteiger charge is -2.37. The summed E-state index contributed by atoms with van der Waals surface area (Å²) in [7, 11) is 1.59. The zero-order valence-electron chi connectivity index (χ0n) is 17.0. The quantitative estimate of drug-likeness (QED) is 0.600. The van der Waals surface area contributed by atoms with E-state index in [-0.39, 0.29) is 18.4 Å². The zero-order valence-corrected chi connectivity index (χ0v) is 18.5. The van der Waals surface area contributed by atoms with E-state index in [1.807, 2.05) is 29.2 Å². The van der Waals surface area contributed by atoms with Gasteiger partial charge in [-0.2, -0.15) is 10.4 Å². The topological polar surface area (TPSA) is 94.3 Å². The van der Waals surface area contributed by atoms with Gasteiger partial charge < -0.3 is 20.1 Å². The molecular weight excluding hydrogens is 437 g/mol. The SMILES string of the molecule is COc1ccc(CNC2CCN(c3nncc4cc(C#N)ccc34)C(O)C2)cc1Cl.Cl. The van der Waals surface area contributed by atoms with Gasteiger partial charge in [-0.3, -0.25) is 0 Å². The second-order valence-electron chi connectivity index (χ2n) is 7.33. The van der Waals surface area contributed by atoms with Gasteiger partial charge in [0.1, 0.15) is 12.0 Å². The van der Waals surface area contributed by atoms with Crippen molar-refractivity contribution in [2.24, 2.45) is 0 Å². The van der Waals surface area contributed by atoms with Crippen LogP contribution in [0.5, 0.6) is 5.75 Å². The van der Waals surface area contributed by atoms with Crippen molar-refractivity contribution in [3.8, 4) is 11.8 Å². The average Bonchev–Trinajstić information content (AvgIpc) is 2.77. The molecule has 2 atom stereocenters. The Morgan fingerprint density at radius 2 is 2.16 bits per heavy atom. The third kappa shape index (κ3) is 5.00. The molecule has 2 N–H and O–H groups in total. The molecule has 2 aromatic carbocycles. The van der Waals surface area contributed by atoms with E-state index in [9.17, 15) is 5.11 Å². The van der Waals surface area contributed by atoms with E-state index in [2.05, 4.69) is 21.6 Å². The molecule has 1 aromatic heterocycles. The number of nitriles is 1. The molecule has 7 nitrogen and oxygen atoms in total. The Hall–Kier alpha value is -2.63. The summed E-state index contributed by atoms with van der Waals surface area (Å²) in [5, 5.41) is 34.0. The fourth-order valence-electron chi connectivity index (χ4n) is 3.81. The Bertz CT molecular complexity index is 1100. The summed E-state index contributed by atoms with van der Waals surface area (Å²) < 4.78 is 5.19. The minimum atomic E-state index is -0.675. The Labute approximate surface area is 192 Å². The van der Waals surface area contributed by atoms with Crippen LogP contribution >= 0.6 is 24.0 Å². The first kappa shape index (κ1) is 23.0. The van der Waals surface area contributed by atoms with E-state index in [1.54, 1.807) is 25.4 Å². The van der Waals surface area contributed by atoms with Crippen molar-refractivity contribution in [2.45, 2.75) is 31.7 Å². The fraction of sp³-hybridized carbons (Fsp3) is 0.318. The van der Waals surface area contributed by atoms with Gasteiger partial charge in [0.2, 0.25) is 0 Å². The molecule has 0 aliphatic carbocycles. The van der Waals surface area contributed by atoms with Gasteiger partial charge in [-0.15, -0.1) is 17.5 Å². The first-order chi connectivity index (χ1) is 14.6. The molecule has 9 heteroatoms. The van der Waals surface area contributed by atoms with Gasteiger partial charge in [0.15, 0.2) is 5.82 Å². The van der Waals surface area contributed by atoms with Crippen molar-refractivity contribution < 1.29 is 9.84 Å². The molecule has 1 aliphatic heterocycles. The number of benzene rings is 2. The predicted molar refractivity (Wildman–Crippen MR) is 123 cm³/mol. The van der Waals surface area contributed by atoms with Crippen molar-refractivity contribution in [3.63, 3.8) is 0 Å². The lowest BCUT2D eigenvalue weighted by Crippen LogP contribution is -2.49. The maximum absolute atomic E-state index is 10.8. The standard InChI is InChI=1S/C22H22ClN5O2.ClH/c1-30-20-5-3-15(9-19(20)23)12-25-17-6-7-28(21(29)10-17)22-18-4-2-14(11-24)8-16(18)13-26-27-22;/h2-5,8-9,13,17,21,25,29H,6-7,10,12H2,1H3;1H. The van der Waals surface area contributed by atoms with Gasteiger partial charge in [-0.05, 0) is 42.3 Å². The number of rotatable bonds is 5. The fourth-order valence-corrected chi connectivity index (χ4v) is 4.09. The summed E-state index contributed by atoms with van der Waals surface area (Å²) in [5.41, 5.74) is 1.63. The van der Waals surface area contributed by atoms with Crippen LogP contribution in [0, 0.1) is 11.3 Å². The second-order valence-corrected chi connectivity index (χ2v) is 7.73. The number of aromatic nitrogens is 2. The van der Waals surface area contributed by atoms with Crippen LogP contribution in [0.4, 0.5) is 5.82 Å². The Balaban J connectivity index is 0.00000272. The number of anilines is 1. The number of nitrogens with one attached hydrogen (secondary N) is 1. The lowest BCUT2D eigenvalue weighted by atomic mass is 10.0. The molecule has 0 saturated carbocycles. The highest BCUT2D eigenvalue weighted by atomic mass is 35.5. The molecule has 2 unspecified atom stereocenters. The maximum atomic E-state index is 10.8. The molecular formula is C22H23Cl2N5O2. The number of methoxy groups -OCH3 is 1. The largest absolute Gasteiger partial charge is 0.495 e. The van der Waals surface area contributed by atoms with Gasteiger partial charge >= 0.3 is 0 Å². The minimum Gasteiger partial charge on any atom is -0.495 e. The van der Waals surface area contributed by atoms with Crippen LogP contribution in [0.1, 0.15) is 24.0 Å². The molecule has 31 heavy (non-hydrogen) atoms. The highest BCUT2D eigenvalue weighted by Gasteiger charge is 2.29. The molecule has 0 radical (unpaired) electrons. The molecule has 1 fully saturated rings. The minimum absolute atomic E-state index is 0. The van der Waals surface area contributed by atoms with Gasteiger partial charge in [-0.25, -0.2) is 0 Å². The molecule has 4 rings (SSSR count). The molecule has 162 valence electrons. The number of fused-ring (bicyclic) bond motifs is 1. The molecule has 0 bridgehead atoms. The van der Waals surface area contributed by atoms with E-state index < -0.39 is 6.23 Å². The van der Waals surface area contributed by atoms with Crippen molar-refractivity contribution in [3.05, 3.63) is 58.7 Å². The summed E-state index contributed by atoms with van der Waals surface area (Å²) in [6.07, 6.45) is 2.39. The van der Waals surface area contributed by atoms with E-state index in [0.717, 1.165) is 22.8 Å². The molecule has 0 amide bonds. The van der Waals surface area contributed by atoms with E-state index in [1.165, 1.54) is 0 Å². The summed E-state index contributed by atoms with van der Waals surface area (Å²) in [4.78, 5) is 1.88. The summed E-state index contributed by atoms with van der Waals surface area (Å²) in [6.45, 7) is 1.31. The predicted octanol–water partition coefficient (Wildman–Crippen LogP) is 3.66. The highest BCUT2D eigenvalue weighted by molar-refractivity contribution is 6.32. The van der Waals surface area contributed by atoms with Gasteiger partial charge in [-0.1, -0.05) is 17.7 Å². The van der Waals surface area contributed by atoms with Crippen molar-refractivity contribution in [2.75, 3.05) is 18.6 Å². The van der Waals surface area contributed by atoms with Crippen LogP contribution in [0.3, 0.4) is 0 Å². The Morgan fingerprint density at radius 1 is 1.32 bits per heavy atom. The smallest absolute Gasteiger partial charge is 0.161 e. The summed E-state index contributed by atoms with van der Waals surface area (Å²) in [6, 6.07) is 13.4. The number of ether oxygens (including phenoxy) is 1. The van der Waals surface area contributed by atoms with Crippen LogP contribution in [0.2, 0.25) is 5.02 Å². The van der Waals surface area contributed by atoms with E-state index in [0.29, 0.717) is 41.7 Å². The average molecular weight is 460 g/mol. The Kier molecular flexibility index (Phi) is 7.52. The van der Waals surface area contributed by atoms with Gasteiger partial charge in [0.25, 0.3) is 0 Å². The normalized spacial score (nSPS) is 18.3. The number of hydrogen-bond donors (Lipinski definition) is 2. The molecule has 2 heterocycles.